The summed E-state index contributed by atoms with van der Waals surface area (Å²) in [6.07, 6.45) is 5.82. The average molecular weight is 248 g/mol. The van der Waals surface area contributed by atoms with E-state index in [1.165, 1.54) is 19.1 Å². The number of nitrogens with one attached hydrogen (secondary N) is 1. The Morgan fingerprint density at radius 2 is 2.06 bits per heavy atom. The van der Waals surface area contributed by atoms with Gasteiger partial charge in [-0.05, 0) is 32.9 Å². The molecule has 1 rings (SSSR count). The number of sulfonamides is 1. The molecule has 2 atom stereocenters. The number of rotatable bonds is 4. The largest absolute Gasteiger partial charge is 0.302 e. The molecule has 0 aromatic carbocycles. The fraction of sp³-hybridized carbons (Fsp3) is 1.00. The highest BCUT2D eigenvalue weighted by atomic mass is 32.2. The van der Waals surface area contributed by atoms with Crippen LogP contribution in [0.1, 0.15) is 32.6 Å². The van der Waals surface area contributed by atoms with Crippen LogP contribution < -0.4 is 4.72 Å². The molecule has 1 fully saturated rings. The van der Waals surface area contributed by atoms with Gasteiger partial charge in [-0.3, -0.25) is 0 Å². The summed E-state index contributed by atoms with van der Waals surface area (Å²) in [5.74, 6) is 0.678. The smallest absolute Gasteiger partial charge is 0.208 e. The molecule has 4 nitrogen and oxygen atoms in total. The van der Waals surface area contributed by atoms with E-state index >= 15 is 0 Å². The Morgan fingerprint density at radius 1 is 1.44 bits per heavy atom. The van der Waals surface area contributed by atoms with Crippen LogP contribution >= 0.6 is 0 Å². The van der Waals surface area contributed by atoms with E-state index < -0.39 is 10.0 Å². The zero-order valence-corrected chi connectivity index (χ0v) is 11.6. The van der Waals surface area contributed by atoms with Gasteiger partial charge in [0.25, 0.3) is 0 Å². The van der Waals surface area contributed by atoms with Crippen LogP contribution in [-0.4, -0.2) is 45.8 Å². The maximum absolute atomic E-state index is 11.2. The first kappa shape index (κ1) is 13.9. The molecule has 16 heavy (non-hydrogen) atoms. The van der Waals surface area contributed by atoms with Crippen molar-refractivity contribution in [2.45, 2.75) is 38.1 Å². The maximum atomic E-state index is 11.2. The monoisotopic (exact) mass is 248 g/mol. The Morgan fingerprint density at radius 3 is 2.50 bits per heavy atom. The minimum absolute atomic E-state index is 0.000741. The third-order valence-corrected chi connectivity index (χ3v) is 4.35. The molecule has 0 saturated heterocycles. The third kappa shape index (κ3) is 3.71. The SMILES string of the molecule is CC1CCCC(CNS(C)(=O)=O)(N(C)C)C1. The van der Waals surface area contributed by atoms with Crippen LogP contribution in [0.4, 0.5) is 0 Å². The molecule has 0 spiro atoms. The molecule has 0 aromatic heterocycles. The molecule has 1 aliphatic rings. The number of hydrogen-bond donors (Lipinski definition) is 1. The van der Waals surface area contributed by atoms with Crippen molar-refractivity contribution in [3.8, 4) is 0 Å². The lowest BCUT2D eigenvalue weighted by Gasteiger charge is -2.45. The van der Waals surface area contributed by atoms with E-state index in [-0.39, 0.29) is 5.54 Å². The molecule has 0 heterocycles. The average Bonchev–Trinajstić information content (AvgIpc) is 2.13. The van der Waals surface area contributed by atoms with Gasteiger partial charge in [-0.1, -0.05) is 19.8 Å². The molecule has 1 N–H and O–H groups in total. The first-order valence-electron chi connectivity index (χ1n) is 5.87. The van der Waals surface area contributed by atoms with Crippen molar-refractivity contribution in [3.05, 3.63) is 0 Å². The topological polar surface area (TPSA) is 49.4 Å². The predicted molar refractivity (Wildman–Crippen MR) is 66.9 cm³/mol. The Kier molecular flexibility index (Phi) is 4.37. The quantitative estimate of drug-likeness (QED) is 0.809. The zero-order valence-electron chi connectivity index (χ0n) is 10.8. The van der Waals surface area contributed by atoms with E-state index in [1.807, 2.05) is 14.1 Å². The number of hydrogen-bond acceptors (Lipinski definition) is 3. The van der Waals surface area contributed by atoms with Crippen molar-refractivity contribution in [1.82, 2.24) is 9.62 Å². The lowest BCUT2D eigenvalue weighted by atomic mass is 9.75. The van der Waals surface area contributed by atoms with Gasteiger partial charge in [-0.25, -0.2) is 13.1 Å². The van der Waals surface area contributed by atoms with Crippen molar-refractivity contribution in [2.75, 3.05) is 26.9 Å². The molecule has 1 saturated carbocycles. The normalized spacial score (nSPS) is 31.9. The van der Waals surface area contributed by atoms with Crippen LogP contribution in [0.15, 0.2) is 0 Å². The Labute approximate surface area is 99.5 Å². The standard InChI is InChI=1S/C11H24N2O2S/c1-10-6-5-7-11(8-10,13(2)3)9-12-16(4,14)15/h10,12H,5-9H2,1-4H3. The molecule has 0 aliphatic heterocycles. The summed E-state index contributed by atoms with van der Waals surface area (Å²) < 4.78 is 25.0. The summed E-state index contributed by atoms with van der Waals surface area (Å²) in [5, 5.41) is 0. The summed E-state index contributed by atoms with van der Waals surface area (Å²) in [5.41, 5.74) is 0.000741. The van der Waals surface area contributed by atoms with Gasteiger partial charge in [-0.15, -0.1) is 0 Å². The van der Waals surface area contributed by atoms with Crippen molar-refractivity contribution < 1.29 is 8.42 Å². The van der Waals surface area contributed by atoms with E-state index in [2.05, 4.69) is 16.5 Å². The van der Waals surface area contributed by atoms with Gasteiger partial charge in [0.05, 0.1) is 6.26 Å². The highest BCUT2D eigenvalue weighted by Gasteiger charge is 2.37. The highest BCUT2D eigenvalue weighted by molar-refractivity contribution is 7.88. The van der Waals surface area contributed by atoms with E-state index in [9.17, 15) is 8.42 Å². The van der Waals surface area contributed by atoms with Crippen molar-refractivity contribution in [3.63, 3.8) is 0 Å². The van der Waals surface area contributed by atoms with Crippen LogP contribution in [0.25, 0.3) is 0 Å². The summed E-state index contributed by atoms with van der Waals surface area (Å²) in [7, 11) is 0.998. The summed E-state index contributed by atoms with van der Waals surface area (Å²) >= 11 is 0. The van der Waals surface area contributed by atoms with Crippen molar-refractivity contribution >= 4 is 10.0 Å². The fourth-order valence-electron chi connectivity index (χ4n) is 2.62. The first-order valence-corrected chi connectivity index (χ1v) is 7.76. The van der Waals surface area contributed by atoms with Crippen LogP contribution in [0.5, 0.6) is 0 Å². The van der Waals surface area contributed by atoms with E-state index in [1.54, 1.807) is 0 Å². The van der Waals surface area contributed by atoms with Crippen LogP contribution in [0.2, 0.25) is 0 Å². The summed E-state index contributed by atoms with van der Waals surface area (Å²) in [6.45, 7) is 2.78. The van der Waals surface area contributed by atoms with Gasteiger partial charge in [-0.2, -0.15) is 0 Å². The zero-order chi connectivity index (χ0) is 12.4. The highest BCUT2D eigenvalue weighted by Crippen LogP contribution is 2.35. The molecule has 0 radical (unpaired) electrons. The van der Waals surface area contributed by atoms with Crippen LogP contribution in [0, 0.1) is 5.92 Å². The maximum Gasteiger partial charge on any atom is 0.208 e. The molecular formula is C11H24N2O2S. The molecule has 0 aromatic rings. The van der Waals surface area contributed by atoms with Gasteiger partial charge in [0.15, 0.2) is 0 Å². The second kappa shape index (κ2) is 5.02. The van der Waals surface area contributed by atoms with Crippen LogP contribution in [0.3, 0.4) is 0 Å². The van der Waals surface area contributed by atoms with E-state index in [4.69, 9.17) is 0 Å². The number of likely N-dealkylation sites (N-methyl/N-ethyl adjacent to an activating group) is 1. The van der Waals surface area contributed by atoms with Crippen molar-refractivity contribution in [1.29, 1.82) is 0 Å². The Hall–Kier alpha value is -0.130. The van der Waals surface area contributed by atoms with E-state index in [0.29, 0.717) is 12.5 Å². The molecular weight excluding hydrogens is 224 g/mol. The predicted octanol–water partition coefficient (Wildman–Crippen LogP) is 1.05. The van der Waals surface area contributed by atoms with E-state index in [0.717, 1.165) is 12.8 Å². The van der Waals surface area contributed by atoms with Gasteiger partial charge in [0, 0.05) is 12.1 Å². The van der Waals surface area contributed by atoms with Gasteiger partial charge >= 0.3 is 0 Å². The molecule has 1 aliphatic carbocycles. The first-order chi connectivity index (χ1) is 7.25. The minimum Gasteiger partial charge on any atom is -0.302 e. The molecule has 0 bridgehead atoms. The molecule has 0 amide bonds. The third-order valence-electron chi connectivity index (χ3n) is 3.68. The Bertz CT molecular complexity index is 327. The summed E-state index contributed by atoms with van der Waals surface area (Å²) in [4.78, 5) is 2.18. The Balaban J connectivity index is 2.73. The lowest BCUT2D eigenvalue weighted by Crippen LogP contribution is -2.54. The lowest BCUT2D eigenvalue weighted by molar-refractivity contribution is 0.0806. The second-order valence-electron chi connectivity index (χ2n) is 5.41. The van der Waals surface area contributed by atoms with Gasteiger partial charge in [0.1, 0.15) is 0 Å². The minimum atomic E-state index is -3.09. The second-order valence-corrected chi connectivity index (χ2v) is 7.25. The molecule has 96 valence electrons. The van der Waals surface area contributed by atoms with Crippen LogP contribution in [-0.2, 0) is 10.0 Å². The summed E-state index contributed by atoms with van der Waals surface area (Å²) in [6, 6.07) is 0. The van der Waals surface area contributed by atoms with Gasteiger partial charge < -0.3 is 4.90 Å². The fourth-order valence-corrected chi connectivity index (χ4v) is 3.15. The van der Waals surface area contributed by atoms with Crippen molar-refractivity contribution in [2.24, 2.45) is 5.92 Å². The molecule has 2 unspecified atom stereocenters. The molecule has 5 heteroatoms. The van der Waals surface area contributed by atoms with Gasteiger partial charge in [0.2, 0.25) is 10.0 Å². The number of nitrogens with zero attached hydrogens (tertiary/aromatic N) is 1.